The topological polar surface area (TPSA) is 80.1 Å². The zero-order valence-electron chi connectivity index (χ0n) is 14.8. The van der Waals surface area contributed by atoms with Crippen LogP contribution >= 0.6 is 0 Å². The number of carbonyl (C=O) groups excluding carboxylic acids is 2. The molecular formula is C18H23N5O2. The Morgan fingerprint density at radius 2 is 2.16 bits per heavy atom. The van der Waals surface area contributed by atoms with E-state index in [-0.39, 0.29) is 17.7 Å². The monoisotopic (exact) mass is 341 g/mol. The molecule has 7 heteroatoms. The van der Waals surface area contributed by atoms with Crippen molar-refractivity contribution >= 4 is 17.6 Å². The van der Waals surface area contributed by atoms with E-state index in [4.69, 9.17) is 0 Å². The van der Waals surface area contributed by atoms with Crippen LogP contribution in [-0.2, 0) is 11.8 Å². The van der Waals surface area contributed by atoms with Crippen molar-refractivity contribution in [1.29, 1.82) is 0 Å². The average Bonchev–Trinajstić information content (AvgIpc) is 2.92. The maximum atomic E-state index is 12.9. The minimum absolute atomic E-state index is 0.0374. The number of anilines is 1. The van der Waals surface area contributed by atoms with Gasteiger partial charge >= 0.3 is 0 Å². The van der Waals surface area contributed by atoms with Gasteiger partial charge in [0.15, 0.2) is 0 Å². The van der Waals surface area contributed by atoms with E-state index in [1.54, 1.807) is 18.3 Å². The molecule has 25 heavy (non-hydrogen) atoms. The average molecular weight is 341 g/mol. The Balaban J connectivity index is 1.76. The summed E-state index contributed by atoms with van der Waals surface area (Å²) < 4.78 is 2.05. The second-order valence-electron chi connectivity index (χ2n) is 6.55. The predicted octanol–water partition coefficient (Wildman–Crippen LogP) is 2.10. The van der Waals surface area contributed by atoms with Gasteiger partial charge < -0.3 is 14.8 Å². The smallest absolute Gasteiger partial charge is 0.254 e. The Bertz CT molecular complexity index is 799. The molecule has 2 aromatic heterocycles. The number of aromatic nitrogens is 3. The van der Waals surface area contributed by atoms with Crippen LogP contribution in [0.25, 0.3) is 0 Å². The van der Waals surface area contributed by atoms with Gasteiger partial charge in [-0.1, -0.05) is 0 Å². The molecule has 1 saturated heterocycles. The molecular weight excluding hydrogens is 318 g/mol. The fourth-order valence-corrected chi connectivity index (χ4v) is 3.38. The van der Waals surface area contributed by atoms with Crippen molar-refractivity contribution in [1.82, 2.24) is 19.4 Å². The van der Waals surface area contributed by atoms with Crippen molar-refractivity contribution in [2.75, 3.05) is 18.4 Å². The first-order chi connectivity index (χ1) is 11.9. The summed E-state index contributed by atoms with van der Waals surface area (Å²) in [6.07, 6.45) is 5.54. The first-order valence-electron chi connectivity index (χ1n) is 8.47. The van der Waals surface area contributed by atoms with E-state index in [9.17, 15) is 9.59 Å². The highest BCUT2D eigenvalue weighted by atomic mass is 16.2. The number of aryl methyl sites for hydroxylation is 2. The molecule has 132 valence electrons. The summed E-state index contributed by atoms with van der Waals surface area (Å²) >= 11 is 0. The van der Waals surface area contributed by atoms with Gasteiger partial charge in [0.25, 0.3) is 5.91 Å². The van der Waals surface area contributed by atoms with E-state index in [2.05, 4.69) is 19.9 Å². The lowest BCUT2D eigenvalue weighted by atomic mass is 9.96. The Labute approximate surface area is 147 Å². The fraction of sp³-hybridized carbons (Fsp3) is 0.444. The lowest BCUT2D eigenvalue weighted by molar-refractivity contribution is -0.114. The van der Waals surface area contributed by atoms with Crippen LogP contribution < -0.4 is 5.32 Å². The third kappa shape index (κ3) is 3.87. The van der Waals surface area contributed by atoms with Crippen LogP contribution in [0.15, 0.2) is 24.5 Å². The maximum absolute atomic E-state index is 12.9. The van der Waals surface area contributed by atoms with Gasteiger partial charge in [0, 0.05) is 50.9 Å². The Morgan fingerprint density at radius 1 is 1.36 bits per heavy atom. The van der Waals surface area contributed by atoms with Crippen LogP contribution in [0.1, 0.15) is 47.6 Å². The molecule has 1 fully saturated rings. The van der Waals surface area contributed by atoms with Crippen LogP contribution in [0.2, 0.25) is 0 Å². The van der Waals surface area contributed by atoms with E-state index in [1.165, 1.54) is 6.92 Å². The van der Waals surface area contributed by atoms with Crippen molar-refractivity contribution in [2.45, 2.75) is 32.6 Å². The number of pyridine rings is 1. The van der Waals surface area contributed by atoms with E-state index in [0.29, 0.717) is 17.9 Å². The Hall–Kier alpha value is -2.70. The van der Waals surface area contributed by atoms with Crippen LogP contribution in [0.3, 0.4) is 0 Å². The summed E-state index contributed by atoms with van der Waals surface area (Å²) in [5, 5.41) is 2.61. The number of likely N-dealkylation sites (tertiary alicyclic amines) is 1. The Morgan fingerprint density at radius 3 is 2.84 bits per heavy atom. The number of rotatable bonds is 3. The number of piperidine rings is 1. The summed E-state index contributed by atoms with van der Waals surface area (Å²) in [6, 6.07) is 3.31. The predicted molar refractivity (Wildman–Crippen MR) is 94.4 cm³/mol. The standard InChI is InChI=1S/C18H23N5O2/c1-12-10-22(3)17(20-12)15-5-4-8-23(11-15)18(25)14-6-7-19-16(9-14)21-13(2)24/h6-7,9-10,15H,4-5,8,11H2,1-3H3,(H,19,21,24)/t15-/m1/s1. The third-order valence-electron chi connectivity index (χ3n) is 4.42. The molecule has 1 N–H and O–H groups in total. The molecule has 0 radical (unpaired) electrons. The number of amides is 2. The Kier molecular flexibility index (Phi) is 4.83. The van der Waals surface area contributed by atoms with Crippen molar-refractivity contribution in [3.8, 4) is 0 Å². The lowest BCUT2D eigenvalue weighted by Crippen LogP contribution is -2.39. The summed E-state index contributed by atoms with van der Waals surface area (Å²) in [4.78, 5) is 34.6. The number of hydrogen-bond donors (Lipinski definition) is 1. The summed E-state index contributed by atoms with van der Waals surface area (Å²) in [5.41, 5.74) is 1.53. The van der Waals surface area contributed by atoms with Crippen LogP contribution in [-0.4, -0.2) is 44.3 Å². The van der Waals surface area contributed by atoms with Crippen molar-refractivity contribution in [3.63, 3.8) is 0 Å². The molecule has 1 atom stereocenters. The van der Waals surface area contributed by atoms with Gasteiger partial charge in [-0.05, 0) is 31.9 Å². The molecule has 0 bridgehead atoms. The molecule has 3 rings (SSSR count). The SMILES string of the molecule is CC(=O)Nc1cc(C(=O)N2CCC[C@@H](c3nc(C)cn3C)C2)ccn1. The minimum Gasteiger partial charge on any atom is -0.338 e. The van der Waals surface area contributed by atoms with Gasteiger partial charge in [-0.3, -0.25) is 9.59 Å². The highest BCUT2D eigenvalue weighted by molar-refractivity contribution is 5.96. The molecule has 0 aromatic carbocycles. The molecule has 7 nitrogen and oxygen atoms in total. The molecule has 0 unspecified atom stereocenters. The largest absolute Gasteiger partial charge is 0.338 e. The molecule has 3 heterocycles. The summed E-state index contributed by atoms with van der Waals surface area (Å²) in [6.45, 7) is 4.79. The number of nitrogens with zero attached hydrogens (tertiary/aromatic N) is 4. The van der Waals surface area contributed by atoms with Crippen LogP contribution in [0.5, 0.6) is 0 Å². The van der Waals surface area contributed by atoms with E-state index >= 15 is 0 Å². The first-order valence-corrected chi connectivity index (χ1v) is 8.47. The molecule has 1 aliphatic rings. The van der Waals surface area contributed by atoms with Crippen molar-refractivity contribution < 1.29 is 9.59 Å². The fourth-order valence-electron chi connectivity index (χ4n) is 3.38. The number of imidazole rings is 1. The van der Waals surface area contributed by atoms with Gasteiger partial charge in [-0.15, -0.1) is 0 Å². The lowest BCUT2D eigenvalue weighted by Gasteiger charge is -2.32. The quantitative estimate of drug-likeness (QED) is 0.927. The molecule has 0 saturated carbocycles. The first kappa shape index (κ1) is 17.1. The van der Waals surface area contributed by atoms with Crippen LogP contribution in [0.4, 0.5) is 5.82 Å². The van der Waals surface area contributed by atoms with Crippen LogP contribution in [0, 0.1) is 6.92 Å². The molecule has 0 aliphatic carbocycles. The number of carbonyl (C=O) groups is 2. The summed E-state index contributed by atoms with van der Waals surface area (Å²) in [7, 11) is 2.00. The van der Waals surface area contributed by atoms with Gasteiger partial charge in [0.2, 0.25) is 5.91 Å². The highest BCUT2D eigenvalue weighted by Gasteiger charge is 2.28. The van der Waals surface area contributed by atoms with Gasteiger partial charge in [-0.2, -0.15) is 0 Å². The van der Waals surface area contributed by atoms with E-state index < -0.39 is 0 Å². The maximum Gasteiger partial charge on any atom is 0.254 e. The molecule has 2 aromatic rings. The third-order valence-corrected chi connectivity index (χ3v) is 4.42. The van der Waals surface area contributed by atoms with Crippen molar-refractivity contribution in [2.24, 2.45) is 7.05 Å². The zero-order chi connectivity index (χ0) is 18.0. The molecule has 0 spiro atoms. The zero-order valence-corrected chi connectivity index (χ0v) is 14.8. The second kappa shape index (κ2) is 7.04. The van der Waals surface area contributed by atoms with Crippen molar-refractivity contribution in [3.05, 3.63) is 41.6 Å². The second-order valence-corrected chi connectivity index (χ2v) is 6.55. The van der Waals surface area contributed by atoms with Gasteiger partial charge in [-0.25, -0.2) is 9.97 Å². The highest BCUT2D eigenvalue weighted by Crippen LogP contribution is 2.27. The normalized spacial score (nSPS) is 17.4. The van der Waals surface area contributed by atoms with E-state index in [0.717, 1.165) is 30.9 Å². The van der Waals surface area contributed by atoms with Gasteiger partial charge in [0.05, 0.1) is 5.69 Å². The minimum atomic E-state index is -0.208. The number of nitrogens with one attached hydrogen (secondary N) is 1. The number of hydrogen-bond acceptors (Lipinski definition) is 4. The molecule has 2 amide bonds. The molecule has 1 aliphatic heterocycles. The summed E-state index contributed by atoms with van der Waals surface area (Å²) in [5.74, 6) is 1.42. The van der Waals surface area contributed by atoms with E-state index in [1.807, 2.05) is 25.1 Å². The van der Waals surface area contributed by atoms with Gasteiger partial charge in [0.1, 0.15) is 11.6 Å².